The van der Waals surface area contributed by atoms with Crippen molar-refractivity contribution in [1.29, 1.82) is 0 Å². The second-order valence-electron chi connectivity index (χ2n) is 4.69. The third-order valence-electron chi connectivity index (χ3n) is 3.24. The standard InChI is InChI=1S/C16H17NO/c1-3-7-14(8-4-1)11-17-12-15(17)13-18-16-9-5-2-6-10-16/h1-10,15H,11-13H2/t15-,17?/m1/s1. The van der Waals surface area contributed by atoms with Gasteiger partial charge in [-0.2, -0.15) is 0 Å². The van der Waals surface area contributed by atoms with E-state index in [0.29, 0.717) is 6.04 Å². The summed E-state index contributed by atoms with van der Waals surface area (Å²) in [6.45, 7) is 2.96. The van der Waals surface area contributed by atoms with Gasteiger partial charge in [0.15, 0.2) is 0 Å². The van der Waals surface area contributed by atoms with Crippen LogP contribution in [0, 0.1) is 0 Å². The van der Waals surface area contributed by atoms with Crippen LogP contribution in [-0.2, 0) is 6.54 Å². The van der Waals surface area contributed by atoms with Crippen molar-refractivity contribution in [3.05, 3.63) is 66.2 Å². The van der Waals surface area contributed by atoms with Gasteiger partial charge < -0.3 is 4.74 Å². The van der Waals surface area contributed by atoms with E-state index in [1.165, 1.54) is 5.56 Å². The van der Waals surface area contributed by atoms with Crippen LogP contribution in [0.2, 0.25) is 0 Å². The van der Waals surface area contributed by atoms with Gasteiger partial charge in [-0.25, -0.2) is 0 Å². The lowest BCUT2D eigenvalue weighted by Crippen LogP contribution is -2.10. The Morgan fingerprint density at radius 1 is 0.944 bits per heavy atom. The van der Waals surface area contributed by atoms with Gasteiger partial charge in [-0.15, -0.1) is 0 Å². The lowest BCUT2D eigenvalue weighted by Gasteiger charge is -2.06. The molecule has 1 unspecified atom stereocenters. The molecule has 18 heavy (non-hydrogen) atoms. The summed E-state index contributed by atoms with van der Waals surface area (Å²) >= 11 is 0. The second-order valence-corrected chi connectivity index (χ2v) is 4.69. The predicted octanol–water partition coefficient (Wildman–Crippen LogP) is 2.95. The first-order valence-corrected chi connectivity index (χ1v) is 6.37. The Bertz CT molecular complexity index is 483. The highest BCUT2D eigenvalue weighted by Gasteiger charge is 2.34. The van der Waals surface area contributed by atoms with Crippen LogP contribution in [0.3, 0.4) is 0 Å². The van der Waals surface area contributed by atoms with E-state index in [-0.39, 0.29) is 0 Å². The van der Waals surface area contributed by atoms with Crippen LogP contribution >= 0.6 is 0 Å². The Labute approximate surface area is 108 Å². The summed E-state index contributed by atoms with van der Waals surface area (Å²) in [5, 5.41) is 0. The van der Waals surface area contributed by atoms with Crippen LogP contribution in [0.25, 0.3) is 0 Å². The molecule has 2 aromatic carbocycles. The Morgan fingerprint density at radius 3 is 2.33 bits per heavy atom. The average Bonchev–Trinajstić information content (AvgIpc) is 3.17. The molecule has 2 aromatic rings. The van der Waals surface area contributed by atoms with Crippen molar-refractivity contribution in [2.75, 3.05) is 13.2 Å². The minimum absolute atomic E-state index is 0.574. The van der Waals surface area contributed by atoms with E-state index in [1.54, 1.807) is 0 Å². The first-order chi connectivity index (χ1) is 8.92. The van der Waals surface area contributed by atoms with Gasteiger partial charge in [0.05, 0.1) is 6.04 Å². The number of hydrogen-bond acceptors (Lipinski definition) is 2. The van der Waals surface area contributed by atoms with Gasteiger partial charge in [0.25, 0.3) is 0 Å². The average molecular weight is 239 g/mol. The van der Waals surface area contributed by atoms with Gasteiger partial charge in [-0.05, 0) is 17.7 Å². The van der Waals surface area contributed by atoms with E-state index < -0.39 is 0 Å². The zero-order chi connectivity index (χ0) is 12.2. The van der Waals surface area contributed by atoms with E-state index >= 15 is 0 Å². The fourth-order valence-corrected chi connectivity index (χ4v) is 2.10. The van der Waals surface area contributed by atoms with Crippen molar-refractivity contribution in [3.8, 4) is 5.75 Å². The molecule has 2 atom stereocenters. The van der Waals surface area contributed by atoms with Crippen molar-refractivity contribution in [3.63, 3.8) is 0 Å². The molecule has 3 rings (SSSR count). The first-order valence-electron chi connectivity index (χ1n) is 6.37. The molecule has 0 amide bonds. The summed E-state index contributed by atoms with van der Waals surface area (Å²) in [6.07, 6.45) is 0. The maximum atomic E-state index is 5.76. The molecule has 0 saturated carbocycles. The molecule has 2 heteroatoms. The highest BCUT2D eigenvalue weighted by molar-refractivity contribution is 5.21. The van der Waals surface area contributed by atoms with E-state index in [4.69, 9.17) is 4.74 Å². The second kappa shape index (κ2) is 5.23. The molecule has 0 radical (unpaired) electrons. The van der Waals surface area contributed by atoms with Gasteiger partial charge >= 0.3 is 0 Å². The van der Waals surface area contributed by atoms with Crippen LogP contribution in [0.5, 0.6) is 5.75 Å². The summed E-state index contributed by atoms with van der Waals surface area (Å²) in [7, 11) is 0. The summed E-state index contributed by atoms with van der Waals surface area (Å²) in [5.74, 6) is 0.962. The van der Waals surface area contributed by atoms with Crippen molar-refractivity contribution in [2.24, 2.45) is 0 Å². The Balaban J connectivity index is 1.45. The molecule has 0 aromatic heterocycles. The van der Waals surface area contributed by atoms with E-state index in [0.717, 1.165) is 25.4 Å². The van der Waals surface area contributed by atoms with Crippen molar-refractivity contribution >= 4 is 0 Å². The third-order valence-corrected chi connectivity index (χ3v) is 3.24. The number of para-hydroxylation sites is 1. The highest BCUT2D eigenvalue weighted by atomic mass is 16.5. The first kappa shape index (κ1) is 11.3. The van der Waals surface area contributed by atoms with Crippen molar-refractivity contribution in [1.82, 2.24) is 4.90 Å². The van der Waals surface area contributed by atoms with Crippen molar-refractivity contribution in [2.45, 2.75) is 12.6 Å². The van der Waals surface area contributed by atoms with E-state index in [9.17, 15) is 0 Å². The number of rotatable bonds is 5. The van der Waals surface area contributed by atoms with E-state index in [2.05, 4.69) is 35.2 Å². The SMILES string of the molecule is c1ccc(CN2C[C@@H]2COc2ccccc2)cc1. The molecule has 1 heterocycles. The molecule has 0 bridgehead atoms. The smallest absolute Gasteiger partial charge is 0.119 e. The molecule has 1 saturated heterocycles. The van der Waals surface area contributed by atoms with Crippen molar-refractivity contribution < 1.29 is 4.74 Å². The predicted molar refractivity (Wildman–Crippen MR) is 72.6 cm³/mol. The van der Waals surface area contributed by atoms with Gasteiger partial charge in [-0.3, -0.25) is 4.90 Å². The Kier molecular flexibility index (Phi) is 3.29. The Hall–Kier alpha value is -1.80. The molecule has 0 aliphatic carbocycles. The highest BCUT2D eigenvalue weighted by Crippen LogP contribution is 2.22. The molecule has 1 aliphatic rings. The summed E-state index contributed by atoms with van der Waals surface area (Å²) in [4.78, 5) is 2.43. The van der Waals surface area contributed by atoms with Gasteiger partial charge in [0.2, 0.25) is 0 Å². The summed E-state index contributed by atoms with van der Waals surface area (Å²) in [6, 6.07) is 21.2. The molecule has 0 spiro atoms. The maximum Gasteiger partial charge on any atom is 0.119 e. The van der Waals surface area contributed by atoms with Gasteiger partial charge in [0, 0.05) is 13.1 Å². The molecule has 1 aliphatic heterocycles. The molecule has 92 valence electrons. The summed E-state index contributed by atoms with van der Waals surface area (Å²) < 4.78 is 5.76. The zero-order valence-electron chi connectivity index (χ0n) is 10.3. The van der Waals surface area contributed by atoms with E-state index in [1.807, 2.05) is 30.3 Å². The van der Waals surface area contributed by atoms with Crippen LogP contribution in [0.1, 0.15) is 5.56 Å². The molecule has 1 fully saturated rings. The van der Waals surface area contributed by atoms with Gasteiger partial charge in [0.1, 0.15) is 12.4 Å². The number of benzene rings is 2. The summed E-state index contributed by atoms with van der Waals surface area (Å²) in [5.41, 5.74) is 1.37. The molecule has 2 nitrogen and oxygen atoms in total. The fourth-order valence-electron chi connectivity index (χ4n) is 2.10. The molecule has 0 N–H and O–H groups in total. The quantitative estimate of drug-likeness (QED) is 0.744. The monoisotopic (exact) mass is 239 g/mol. The lowest BCUT2D eigenvalue weighted by atomic mass is 10.2. The number of ether oxygens (including phenoxy) is 1. The van der Waals surface area contributed by atoms with Crippen LogP contribution in [-0.4, -0.2) is 24.1 Å². The topological polar surface area (TPSA) is 12.2 Å². The third kappa shape index (κ3) is 2.90. The minimum Gasteiger partial charge on any atom is -0.492 e. The lowest BCUT2D eigenvalue weighted by molar-refractivity contribution is 0.293. The molecular formula is C16H17NO. The van der Waals surface area contributed by atoms with Gasteiger partial charge in [-0.1, -0.05) is 48.5 Å². The largest absolute Gasteiger partial charge is 0.492 e. The minimum atomic E-state index is 0.574. The van der Waals surface area contributed by atoms with Crippen LogP contribution in [0.15, 0.2) is 60.7 Å². The molecular weight excluding hydrogens is 222 g/mol. The zero-order valence-corrected chi connectivity index (χ0v) is 10.3. The normalized spacial score (nSPS) is 21.6. The maximum absolute atomic E-state index is 5.76. The van der Waals surface area contributed by atoms with Crippen LogP contribution < -0.4 is 4.74 Å². The number of hydrogen-bond donors (Lipinski definition) is 0. The number of nitrogens with zero attached hydrogens (tertiary/aromatic N) is 1. The van der Waals surface area contributed by atoms with Crippen LogP contribution in [0.4, 0.5) is 0 Å². The Morgan fingerprint density at radius 2 is 1.61 bits per heavy atom. The fraction of sp³-hybridized carbons (Fsp3) is 0.250.